The molecular weight excluding hydrogens is 276 g/mol. The van der Waals surface area contributed by atoms with Gasteiger partial charge in [-0.3, -0.25) is 0 Å². The van der Waals surface area contributed by atoms with Crippen molar-refractivity contribution in [1.82, 2.24) is 10.2 Å². The molecule has 2 N–H and O–H groups in total. The molecule has 2 rings (SSSR count). The minimum Gasteiger partial charge on any atom is -0.465 e. The third kappa shape index (κ3) is 5.39. The second kappa shape index (κ2) is 8.82. The second-order valence-corrected chi connectivity index (χ2v) is 5.17. The summed E-state index contributed by atoms with van der Waals surface area (Å²) in [6.07, 6.45) is 2.48. The number of carbonyl (C=O) groups is 1. The van der Waals surface area contributed by atoms with Crippen LogP contribution in [0.25, 0.3) is 0 Å². The van der Waals surface area contributed by atoms with E-state index < -0.39 is 6.09 Å². The van der Waals surface area contributed by atoms with Gasteiger partial charge in [-0.25, -0.2) is 4.79 Å². The fourth-order valence-electron chi connectivity index (χ4n) is 2.55. The van der Waals surface area contributed by atoms with Gasteiger partial charge in [0, 0.05) is 13.1 Å². The molecule has 1 amide bonds. The number of carboxylic acid groups (broad SMARTS) is 1. The first kappa shape index (κ1) is 16.8. The second-order valence-electron chi connectivity index (χ2n) is 5.17. The number of hydrogen-bond acceptors (Lipinski definition) is 2. The Kier molecular flexibility index (Phi) is 7.41. The van der Waals surface area contributed by atoms with Crippen molar-refractivity contribution in [1.29, 1.82) is 0 Å². The summed E-state index contributed by atoms with van der Waals surface area (Å²) in [5.41, 5.74) is 1.05. The summed E-state index contributed by atoms with van der Waals surface area (Å²) in [6, 6.07) is 9.79. The van der Waals surface area contributed by atoms with Crippen LogP contribution in [0.5, 0.6) is 0 Å². The topological polar surface area (TPSA) is 52.6 Å². The molecule has 0 unspecified atom stereocenters. The molecule has 1 saturated heterocycles. The van der Waals surface area contributed by atoms with Gasteiger partial charge in [-0.1, -0.05) is 30.3 Å². The molecule has 1 aliphatic heterocycles. The van der Waals surface area contributed by atoms with Crippen LogP contribution in [0.2, 0.25) is 0 Å². The first-order valence-corrected chi connectivity index (χ1v) is 6.98. The number of halogens is 1. The lowest BCUT2D eigenvalue weighted by Crippen LogP contribution is -2.33. The van der Waals surface area contributed by atoms with Gasteiger partial charge in [-0.15, -0.1) is 12.4 Å². The van der Waals surface area contributed by atoms with E-state index in [0.29, 0.717) is 19.0 Å². The van der Waals surface area contributed by atoms with Crippen LogP contribution in [0, 0.1) is 5.92 Å². The van der Waals surface area contributed by atoms with Crippen molar-refractivity contribution in [3.05, 3.63) is 35.9 Å². The molecule has 0 saturated carbocycles. The van der Waals surface area contributed by atoms with Crippen LogP contribution in [0.4, 0.5) is 4.79 Å². The first-order chi connectivity index (χ1) is 9.25. The van der Waals surface area contributed by atoms with Crippen molar-refractivity contribution in [2.75, 3.05) is 19.6 Å². The Hall–Kier alpha value is -1.26. The zero-order valence-corrected chi connectivity index (χ0v) is 12.4. The molecule has 20 heavy (non-hydrogen) atoms. The van der Waals surface area contributed by atoms with Crippen LogP contribution in [-0.2, 0) is 6.54 Å². The number of nitrogens with zero attached hydrogens (tertiary/aromatic N) is 1. The van der Waals surface area contributed by atoms with Gasteiger partial charge in [0.15, 0.2) is 0 Å². The van der Waals surface area contributed by atoms with E-state index in [1.54, 1.807) is 0 Å². The summed E-state index contributed by atoms with van der Waals surface area (Å²) in [5, 5.41) is 12.6. The lowest BCUT2D eigenvalue weighted by Gasteiger charge is -2.26. The van der Waals surface area contributed by atoms with Crippen LogP contribution in [-0.4, -0.2) is 35.7 Å². The molecule has 1 aliphatic rings. The summed E-state index contributed by atoms with van der Waals surface area (Å²) in [4.78, 5) is 12.8. The van der Waals surface area contributed by atoms with Gasteiger partial charge in [0.05, 0.1) is 0 Å². The van der Waals surface area contributed by atoms with Gasteiger partial charge in [-0.05, 0) is 43.8 Å². The largest absolute Gasteiger partial charge is 0.465 e. The van der Waals surface area contributed by atoms with Crippen molar-refractivity contribution in [2.24, 2.45) is 5.92 Å². The predicted molar refractivity (Wildman–Crippen MR) is 82.3 cm³/mol. The highest BCUT2D eigenvalue weighted by molar-refractivity contribution is 5.85. The zero-order chi connectivity index (χ0) is 13.5. The Labute approximate surface area is 126 Å². The van der Waals surface area contributed by atoms with E-state index in [-0.39, 0.29) is 12.4 Å². The number of amides is 1. The Morgan fingerprint density at radius 3 is 2.50 bits per heavy atom. The molecule has 0 atom stereocenters. The highest BCUT2D eigenvalue weighted by atomic mass is 35.5. The number of piperidine rings is 1. The summed E-state index contributed by atoms with van der Waals surface area (Å²) < 4.78 is 0. The maximum absolute atomic E-state index is 11.3. The van der Waals surface area contributed by atoms with E-state index in [1.807, 2.05) is 30.3 Å². The van der Waals surface area contributed by atoms with E-state index in [9.17, 15) is 9.90 Å². The number of benzene rings is 1. The molecule has 1 fully saturated rings. The highest BCUT2D eigenvalue weighted by Gasteiger charge is 2.17. The summed E-state index contributed by atoms with van der Waals surface area (Å²) in [5.74, 6) is 0.666. The third-order valence-electron chi connectivity index (χ3n) is 3.75. The van der Waals surface area contributed by atoms with Crippen molar-refractivity contribution < 1.29 is 9.90 Å². The Balaban J connectivity index is 0.00000200. The van der Waals surface area contributed by atoms with Crippen molar-refractivity contribution >= 4 is 18.5 Å². The molecule has 1 heterocycles. The third-order valence-corrected chi connectivity index (χ3v) is 3.75. The van der Waals surface area contributed by atoms with Gasteiger partial charge >= 0.3 is 6.09 Å². The van der Waals surface area contributed by atoms with Gasteiger partial charge in [0.1, 0.15) is 0 Å². The molecule has 0 spiro atoms. The van der Waals surface area contributed by atoms with E-state index >= 15 is 0 Å². The summed E-state index contributed by atoms with van der Waals surface area (Å²) in [6.45, 7) is 3.25. The molecule has 4 nitrogen and oxygen atoms in total. The number of rotatable bonds is 5. The molecule has 112 valence electrons. The molecular formula is C15H23ClN2O2. The lowest BCUT2D eigenvalue weighted by atomic mass is 9.94. The SMILES string of the molecule is Cl.O=C(O)N(CCC1CCNCC1)Cc1ccccc1. The Bertz CT molecular complexity index is 394. The first-order valence-electron chi connectivity index (χ1n) is 6.98. The molecule has 0 bridgehead atoms. The molecule has 0 aliphatic carbocycles. The smallest absolute Gasteiger partial charge is 0.407 e. The average Bonchev–Trinajstić information content (AvgIpc) is 2.45. The minimum atomic E-state index is -0.821. The predicted octanol–water partition coefficient (Wildman–Crippen LogP) is 2.98. The number of nitrogens with one attached hydrogen (secondary N) is 1. The Morgan fingerprint density at radius 1 is 1.25 bits per heavy atom. The lowest BCUT2D eigenvalue weighted by molar-refractivity contribution is 0.137. The fourth-order valence-corrected chi connectivity index (χ4v) is 2.55. The van der Waals surface area contributed by atoms with Crippen molar-refractivity contribution in [3.8, 4) is 0 Å². The number of hydrogen-bond donors (Lipinski definition) is 2. The molecule has 0 aromatic heterocycles. The van der Waals surface area contributed by atoms with Crippen LogP contribution < -0.4 is 5.32 Å². The molecule has 1 aromatic rings. The standard InChI is InChI=1S/C15H22N2O2.ClH/c18-15(19)17(12-14-4-2-1-3-5-14)11-8-13-6-9-16-10-7-13;/h1-5,13,16H,6-12H2,(H,18,19);1H. The maximum atomic E-state index is 11.3. The van der Waals surface area contributed by atoms with Crippen LogP contribution in [0.1, 0.15) is 24.8 Å². The quantitative estimate of drug-likeness (QED) is 0.879. The molecule has 5 heteroatoms. The maximum Gasteiger partial charge on any atom is 0.407 e. The van der Waals surface area contributed by atoms with Gasteiger partial charge in [0.25, 0.3) is 0 Å². The van der Waals surface area contributed by atoms with Crippen LogP contribution in [0.15, 0.2) is 30.3 Å². The van der Waals surface area contributed by atoms with E-state index in [1.165, 1.54) is 17.7 Å². The van der Waals surface area contributed by atoms with Crippen LogP contribution >= 0.6 is 12.4 Å². The van der Waals surface area contributed by atoms with Gasteiger partial charge < -0.3 is 15.3 Å². The van der Waals surface area contributed by atoms with Crippen LogP contribution in [0.3, 0.4) is 0 Å². The highest BCUT2D eigenvalue weighted by Crippen LogP contribution is 2.17. The molecule has 1 aromatic carbocycles. The van der Waals surface area contributed by atoms with Crippen molar-refractivity contribution in [3.63, 3.8) is 0 Å². The van der Waals surface area contributed by atoms with Crippen molar-refractivity contribution in [2.45, 2.75) is 25.8 Å². The molecule has 0 radical (unpaired) electrons. The van der Waals surface area contributed by atoms with E-state index in [0.717, 1.165) is 25.1 Å². The summed E-state index contributed by atoms with van der Waals surface area (Å²) in [7, 11) is 0. The fraction of sp³-hybridized carbons (Fsp3) is 0.533. The van der Waals surface area contributed by atoms with Gasteiger partial charge in [-0.2, -0.15) is 0 Å². The minimum absolute atomic E-state index is 0. The van der Waals surface area contributed by atoms with Gasteiger partial charge in [0.2, 0.25) is 0 Å². The summed E-state index contributed by atoms with van der Waals surface area (Å²) >= 11 is 0. The Morgan fingerprint density at radius 2 is 1.90 bits per heavy atom. The van der Waals surface area contributed by atoms with E-state index in [2.05, 4.69) is 5.32 Å². The van der Waals surface area contributed by atoms with E-state index in [4.69, 9.17) is 0 Å². The normalized spacial score (nSPS) is 15.4. The zero-order valence-electron chi connectivity index (χ0n) is 11.6. The monoisotopic (exact) mass is 298 g/mol. The average molecular weight is 299 g/mol.